The van der Waals surface area contributed by atoms with E-state index in [0.717, 1.165) is 4.47 Å². The number of carbonyl (C=O) groups excluding carboxylic acids is 1. The van der Waals surface area contributed by atoms with E-state index < -0.39 is 0 Å². The van der Waals surface area contributed by atoms with Gasteiger partial charge in [-0.3, -0.25) is 4.79 Å². The Hall–Kier alpha value is -2.03. The molecule has 4 nitrogen and oxygen atoms in total. The SMILES string of the molecule is N#Cc1cc(NC(=O)c2ccc(Br)c(N)c2)ccc1Cl. The summed E-state index contributed by atoms with van der Waals surface area (Å²) in [6.45, 7) is 0. The lowest BCUT2D eigenvalue weighted by atomic mass is 10.1. The van der Waals surface area contributed by atoms with Crippen molar-refractivity contribution in [1.82, 2.24) is 0 Å². The van der Waals surface area contributed by atoms with Crippen molar-refractivity contribution in [3.8, 4) is 6.07 Å². The van der Waals surface area contributed by atoms with Crippen LogP contribution in [0, 0.1) is 11.3 Å². The highest BCUT2D eigenvalue weighted by Crippen LogP contribution is 2.22. The van der Waals surface area contributed by atoms with E-state index in [0.29, 0.717) is 27.5 Å². The van der Waals surface area contributed by atoms with E-state index in [9.17, 15) is 4.79 Å². The second-order valence-corrected chi connectivity index (χ2v) is 5.26. The van der Waals surface area contributed by atoms with Crippen LogP contribution in [0.3, 0.4) is 0 Å². The second kappa shape index (κ2) is 5.95. The van der Waals surface area contributed by atoms with Crippen molar-refractivity contribution in [2.45, 2.75) is 0 Å². The Kier molecular flexibility index (Phi) is 4.28. The van der Waals surface area contributed by atoms with Gasteiger partial charge in [0.05, 0.1) is 10.6 Å². The van der Waals surface area contributed by atoms with Gasteiger partial charge in [0.25, 0.3) is 5.91 Å². The normalized spacial score (nSPS) is 9.85. The predicted octanol–water partition coefficient (Wildman–Crippen LogP) is 3.81. The Labute approximate surface area is 129 Å². The van der Waals surface area contributed by atoms with Crippen molar-refractivity contribution in [3.05, 3.63) is 57.0 Å². The highest BCUT2D eigenvalue weighted by atomic mass is 79.9. The number of nitrogens with two attached hydrogens (primary N) is 1. The molecular weight excluding hydrogens is 342 g/mol. The number of anilines is 2. The van der Waals surface area contributed by atoms with Crippen molar-refractivity contribution < 1.29 is 4.79 Å². The molecule has 100 valence electrons. The maximum absolute atomic E-state index is 12.1. The number of nitrogens with one attached hydrogen (secondary N) is 1. The van der Waals surface area contributed by atoms with Crippen molar-refractivity contribution in [3.63, 3.8) is 0 Å². The van der Waals surface area contributed by atoms with E-state index in [1.165, 1.54) is 6.07 Å². The smallest absolute Gasteiger partial charge is 0.255 e. The van der Waals surface area contributed by atoms with Gasteiger partial charge in [0.2, 0.25) is 0 Å². The highest BCUT2D eigenvalue weighted by Gasteiger charge is 2.09. The zero-order chi connectivity index (χ0) is 14.7. The molecule has 0 spiro atoms. The lowest BCUT2D eigenvalue weighted by molar-refractivity contribution is 0.102. The number of hydrogen-bond donors (Lipinski definition) is 2. The Morgan fingerprint density at radius 1 is 1.30 bits per heavy atom. The lowest BCUT2D eigenvalue weighted by Crippen LogP contribution is -2.12. The van der Waals surface area contributed by atoms with Gasteiger partial charge in [-0.05, 0) is 52.3 Å². The van der Waals surface area contributed by atoms with Crippen LogP contribution in [0.15, 0.2) is 40.9 Å². The molecular formula is C14H9BrClN3O. The average Bonchev–Trinajstić information content (AvgIpc) is 2.43. The summed E-state index contributed by atoms with van der Waals surface area (Å²) in [5.41, 5.74) is 7.44. The largest absolute Gasteiger partial charge is 0.398 e. The van der Waals surface area contributed by atoms with Crippen LogP contribution in [0.4, 0.5) is 11.4 Å². The molecule has 0 aliphatic rings. The van der Waals surface area contributed by atoms with Gasteiger partial charge in [-0.2, -0.15) is 5.26 Å². The van der Waals surface area contributed by atoms with Gasteiger partial charge in [-0.25, -0.2) is 0 Å². The Bertz CT molecular complexity index is 725. The molecule has 0 fully saturated rings. The van der Waals surface area contributed by atoms with E-state index in [4.69, 9.17) is 22.6 Å². The van der Waals surface area contributed by atoms with Crippen LogP contribution in [-0.4, -0.2) is 5.91 Å². The summed E-state index contributed by atoms with van der Waals surface area (Å²) in [6, 6.07) is 11.6. The average molecular weight is 351 g/mol. The van der Waals surface area contributed by atoms with Gasteiger partial charge in [0.1, 0.15) is 6.07 Å². The summed E-state index contributed by atoms with van der Waals surface area (Å²) < 4.78 is 0.729. The number of amides is 1. The van der Waals surface area contributed by atoms with Crippen LogP contribution in [0.2, 0.25) is 5.02 Å². The fourth-order valence-electron chi connectivity index (χ4n) is 1.58. The molecule has 0 radical (unpaired) electrons. The molecule has 0 saturated heterocycles. The third kappa shape index (κ3) is 3.10. The molecule has 2 rings (SSSR count). The second-order valence-electron chi connectivity index (χ2n) is 4.00. The Balaban J connectivity index is 2.23. The van der Waals surface area contributed by atoms with Crippen LogP contribution in [0.5, 0.6) is 0 Å². The molecule has 0 saturated carbocycles. The molecule has 0 unspecified atom stereocenters. The van der Waals surface area contributed by atoms with E-state index >= 15 is 0 Å². The highest BCUT2D eigenvalue weighted by molar-refractivity contribution is 9.10. The molecule has 0 aliphatic carbocycles. The monoisotopic (exact) mass is 349 g/mol. The molecule has 2 aromatic carbocycles. The zero-order valence-electron chi connectivity index (χ0n) is 10.2. The molecule has 2 aromatic rings. The van der Waals surface area contributed by atoms with Gasteiger partial charge < -0.3 is 11.1 Å². The fraction of sp³-hybridized carbons (Fsp3) is 0. The maximum Gasteiger partial charge on any atom is 0.255 e. The quantitative estimate of drug-likeness (QED) is 0.808. The number of halogens is 2. The van der Waals surface area contributed by atoms with Gasteiger partial charge in [-0.1, -0.05) is 11.6 Å². The minimum absolute atomic E-state index is 0.305. The van der Waals surface area contributed by atoms with Crippen LogP contribution < -0.4 is 11.1 Å². The van der Waals surface area contributed by atoms with Crippen molar-refractivity contribution in [2.75, 3.05) is 11.1 Å². The van der Waals surface area contributed by atoms with E-state index in [1.54, 1.807) is 30.3 Å². The number of carbonyl (C=O) groups is 1. The summed E-state index contributed by atoms with van der Waals surface area (Å²) >= 11 is 9.10. The summed E-state index contributed by atoms with van der Waals surface area (Å²) in [5, 5.41) is 11.9. The molecule has 20 heavy (non-hydrogen) atoms. The Morgan fingerprint density at radius 2 is 2.05 bits per heavy atom. The third-order valence-electron chi connectivity index (χ3n) is 2.60. The summed E-state index contributed by atoms with van der Waals surface area (Å²) in [7, 11) is 0. The number of rotatable bonds is 2. The number of nitrogen functional groups attached to an aromatic ring is 1. The van der Waals surface area contributed by atoms with Crippen molar-refractivity contribution in [1.29, 1.82) is 5.26 Å². The first-order chi connectivity index (χ1) is 9.51. The molecule has 1 amide bonds. The van der Waals surface area contributed by atoms with Crippen LogP contribution in [0.25, 0.3) is 0 Å². The zero-order valence-corrected chi connectivity index (χ0v) is 12.5. The summed E-state index contributed by atoms with van der Waals surface area (Å²) in [5.74, 6) is -0.310. The fourth-order valence-corrected chi connectivity index (χ4v) is 1.98. The van der Waals surface area contributed by atoms with Crippen LogP contribution in [0.1, 0.15) is 15.9 Å². The van der Waals surface area contributed by atoms with Crippen LogP contribution in [-0.2, 0) is 0 Å². The first-order valence-electron chi connectivity index (χ1n) is 5.57. The first-order valence-corrected chi connectivity index (χ1v) is 6.74. The molecule has 0 heterocycles. The summed E-state index contributed by atoms with van der Waals surface area (Å²) in [4.78, 5) is 12.1. The Morgan fingerprint density at radius 3 is 2.70 bits per heavy atom. The van der Waals surface area contributed by atoms with E-state index in [2.05, 4.69) is 21.2 Å². The molecule has 0 bridgehead atoms. The number of benzene rings is 2. The first kappa shape index (κ1) is 14.4. The molecule has 6 heteroatoms. The number of nitrogens with zero attached hydrogens (tertiary/aromatic N) is 1. The van der Waals surface area contributed by atoms with Gasteiger partial charge >= 0.3 is 0 Å². The van der Waals surface area contributed by atoms with Gasteiger partial charge in [0.15, 0.2) is 0 Å². The van der Waals surface area contributed by atoms with E-state index in [-0.39, 0.29) is 5.91 Å². The van der Waals surface area contributed by atoms with Gasteiger partial charge in [-0.15, -0.1) is 0 Å². The summed E-state index contributed by atoms with van der Waals surface area (Å²) in [6.07, 6.45) is 0. The van der Waals surface area contributed by atoms with Gasteiger partial charge in [0, 0.05) is 21.4 Å². The standard InChI is InChI=1S/C14H9BrClN3O/c15-11-3-1-8(6-13(11)18)14(20)19-10-2-4-12(16)9(5-10)7-17/h1-6H,18H2,(H,19,20). The predicted molar refractivity (Wildman–Crippen MR) is 82.7 cm³/mol. The molecule has 0 aromatic heterocycles. The molecule has 3 N–H and O–H groups in total. The molecule has 0 aliphatic heterocycles. The number of nitriles is 1. The van der Waals surface area contributed by atoms with Crippen molar-refractivity contribution >= 4 is 44.8 Å². The minimum Gasteiger partial charge on any atom is -0.398 e. The van der Waals surface area contributed by atoms with Crippen molar-refractivity contribution in [2.24, 2.45) is 0 Å². The topological polar surface area (TPSA) is 78.9 Å². The third-order valence-corrected chi connectivity index (χ3v) is 3.65. The maximum atomic E-state index is 12.1. The van der Waals surface area contributed by atoms with E-state index in [1.807, 2.05) is 6.07 Å². The lowest BCUT2D eigenvalue weighted by Gasteiger charge is -2.07. The number of hydrogen-bond acceptors (Lipinski definition) is 3. The minimum atomic E-state index is -0.310. The van der Waals surface area contributed by atoms with Crippen LogP contribution >= 0.6 is 27.5 Å². The molecule has 0 atom stereocenters.